The molecule has 7 heteroatoms. The molecule has 2 amide bonds. The molecule has 24 heavy (non-hydrogen) atoms. The number of amides is 2. The third-order valence-electron chi connectivity index (χ3n) is 4.32. The molecule has 0 spiro atoms. The van der Waals surface area contributed by atoms with E-state index in [0.717, 1.165) is 19.6 Å². The number of likely N-dealkylation sites (tertiary alicyclic amines) is 1. The zero-order chi connectivity index (χ0) is 17.5. The van der Waals surface area contributed by atoms with Crippen molar-refractivity contribution in [3.05, 3.63) is 12.1 Å². The van der Waals surface area contributed by atoms with Gasteiger partial charge in [0.1, 0.15) is 0 Å². The van der Waals surface area contributed by atoms with E-state index in [4.69, 9.17) is 19.9 Å². The molecule has 1 aliphatic heterocycles. The van der Waals surface area contributed by atoms with E-state index in [9.17, 15) is 4.79 Å². The number of carbonyl (C=O) groups is 1. The molecule has 0 bridgehead atoms. The number of carbonyl (C=O) groups excluding carboxylic acids is 1. The lowest BCUT2D eigenvalue weighted by Gasteiger charge is -2.29. The van der Waals surface area contributed by atoms with E-state index in [0.29, 0.717) is 29.5 Å². The van der Waals surface area contributed by atoms with Crippen molar-refractivity contribution in [2.24, 2.45) is 5.73 Å². The number of rotatable bonds is 7. The standard InChI is InChI=1S/C17H27N3O4/c1-22-14-11-13(12-15(23-2)16(14)24-3)20(17(18)21)10-9-19-7-5-4-6-8-19/h11-12H,4-10H2,1-3H3,(H2,18,21). The van der Waals surface area contributed by atoms with Gasteiger partial charge in [-0.1, -0.05) is 6.42 Å². The van der Waals surface area contributed by atoms with Crippen molar-refractivity contribution in [1.29, 1.82) is 0 Å². The molecular weight excluding hydrogens is 310 g/mol. The Labute approximate surface area is 143 Å². The molecule has 1 saturated heterocycles. The van der Waals surface area contributed by atoms with E-state index in [1.807, 2.05) is 0 Å². The monoisotopic (exact) mass is 337 g/mol. The first-order chi connectivity index (χ1) is 11.6. The fourth-order valence-electron chi connectivity index (χ4n) is 3.01. The molecule has 0 aliphatic carbocycles. The number of piperidine rings is 1. The Bertz CT molecular complexity index is 534. The number of benzene rings is 1. The van der Waals surface area contributed by atoms with E-state index in [1.54, 1.807) is 38.4 Å². The molecule has 0 saturated carbocycles. The third-order valence-corrected chi connectivity index (χ3v) is 4.32. The molecule has 0 radical (unpaired) electrons. The highest BCUT2D eigenvalue weighted by Crippen LogP contribution is 2.41. The lowest BCUT2D eigenvalue weighted by atomic mass is 10.1. The van der Waals surface area contributed by atoms with E-state index >= 15 is 0 Å². The van der Waals surface area contributed by atoms with Crippen molar-refractivity contribution >= 4 is 11.7 Å². The molecule has 2 rings (SSSR count). The fraction of sp³-hybridized carbons (Fsp3) is 0.588. The van der Waals surface area contributed by atoms with Crippen LogP contribution in [0.1, 0.15) is 19.3 Å². The van der Waals surface area contributed by atoms with E-state index < -0.39 is 6.03 Å². The summed E-state index contributed by atoms with van der Waals surface area (Å²) in [5.74, 6) is 1.48. The van der Waals surface area contributed by atoms with Crippen LogP contribution in [0.25, 0.3) is 0 Å². The Morgan fingerprint density at radius 3 is 2.12 bits per heavy atom. The normalized spacial score (nSPS) is 15.0. The van der Waals surface area contributed by atoms with Crippen LogP contribution in [-0.4, -0.2) is 58.4 Å². The highest BCUT2D eigenvalue weighted by molar-refractivity contribution is 5.91. The highest BCUT2D eigenvalue weighted by atomic mass is 16.5. The molecule has 0 atom stereocenters. The van der Waals surface area contributed by atoms with Crippen LogP contribution in [0.4, 0.5) is 10.5 Å². The zero-order valence-electron chi connectivity index (χ0n) is 14.7. The van der Waals surface area contributed by atoms with Gasteiger partial charge in [0.15, 0.2) is 11.5 Å². The smallest absolute Gasteiger partial charge is 0.319 e. The second-order valence-corrected chi connectivity index (χ2v) is 5.78. The van der Waals surface area contributed by atoms with Crippen LogP contribution < -0.4 is 24.8 Å². The van der Waals surface area contributed by atoms with Gasteiger partial charge in [-0.2, -0.15) is 0 Å². The van der Waals surface area contributed by atoms with E-state index in [2.05, 4.69) is 4.90 Å². The molecule has 7 nitrogen and oxygen atoms in total. The number of hydrogen-bond donors (Lipinski definition) is 1. The van der Waals surface area contributed by atoms with Crippen LogP contribution in [0.2, 0.25) is 0 Å². The minimum Gasteiger partial charge on any atom is -0.493 e. The summed E-state index contributed by atoms with van der Waals surface area (Å²) >= 11 is 0. The summed E-state index contributed by atoms with van der Waals surface area (Å²) in [6.45, 7) is 3.46. The first-order valence-electron chi connectivity index (χ1n) is 8.20. The van der Waals surface area contributed by atoms with Crippen molar-refractivity contribution in [2.75, 3.05) is 52.4 Å². The summed E-state index contributed by atoms with van der Waals surface area (Å²) in [5.41, 5.74) is 6.23. The van der Waals surface area contributed by atoms with Gasteiger partial charge < -0.3 is 24.8 Å². The summed E-state index contributed by atoms with van der Waals surface area (Å²) in [4.78, 5) is 15.8. The average molecular weight is 337 g/mol. The number of urea groups is 1. The molecule has 1 aromatic rings. The maximum absolute atomic E-state index is 11.9. The second kappa shape index (κ2) is 8.63. The van der Waals surface area contributed by atoms with Crippen LogP contribution in [-0.2, 0) is 0 Å². The number of ether oxygens (including phenoxy) is 3. The molecule has 1 aromatic carbocycles. The molecule has 1 heterocycles. The highest BCUT2D eigenvalue weighted by Gasteiger charge is 2.20. The van der Waals surface area contributed by atoms with Gasteiger partial charge >= 0.3 is 6.03 Å². The minimum absolute atomic E-state index is 0.490. The molecule has 1 fully saturated rings. The van der Waals surface area contributed by atoms with Crippen molar-refractivity contribution in [2.45, 2.75) is 19.3 Å². The van der Waals surface area contributed by atoms with Gasteiger partial charge in [-0.25, -0.2) is 4.79 Å². The minimum atomic E-state index is -0.499. The number of primary amides is 1. The van der Waals surface area contributed by atoms with Gasteiger partial charge in [-0.3, -0.25) is 4.90 Å². The predicted molar refractivity (Wildman–Crippen MR) is 93.3 cm³/mol. The van der Waals surface area contributed by atoms with Gasteiger partial charge in [-0.05, 0) is 25.9 Å². The van der Waals surface area contributed by atoms with Gasteiger partial charge in [0.2, 0.25) is 5.75 Å². The van der Waals surface area contributed by atoms with Gasteiger partial charge in [0, 0.05) is 25.2 Å². The number of nitrogens with two attached hydrogens (primary N) is 1. The predicted octanol–water partition coefficient (Wildman–Crippen LogP) is 2.08. The van der Waals surface area contributed by atoms with Gasteiger partial charge in [-0.15, -0.1) is 0 Å². The van der Waals surface area contributed by atoms with Crippen molar-refractivity contribution in [3.63, 3.8) is 0 Å². The largest absolute Gasteiger partial charge is 0.493 e. The van der Waals surface area contributed by atoms with E-state index in [1.165, 1.54) is 19.3 Å². The number of nitrogens with zero attached hydrogens (tertiary/aromatic N) is 2. The van der Waals surface area contributed by atoms with Gasteiger partial charge in [0.05, 0.1) is 27.0 Å². The van der Waals surface area contributed by atoms with E-state index in [-0.39, 0.29) is 0 Å². The van der Waals surface area contributed by atoms with Crippen molar-refractivity contribution < 1.29 is 19.0 Å². The van der Waals surface area contributed by atoms with Crippen LogP contribution in [0.15, 0.2) is 12.1 Å². The number of methoxy groups -OCH3 is 3. The molecular formula is C17H27N3O4. The molecule has 0 unspecified atom stereocenters. The quantitative estimate of drug-likeness (QED) is 0.824. The van der Waals surface area contributed by atoms with Crippen molar-refractivity contribution in [3.8, 4) is 17.2 Å². The molecule has 2 N–H and O–H groups in total. The van der Waals surface area contributed by atoms with Crippen LogP contribution in [0.3, 0.4) is 0 Å². The first kappa shape index (κ1) is 18.2. The third kappa shape index (κ3) is 4.23. The Balaban J connectivity index is 2.21. The summed E-state index contributed by atoms with van der Waals surface area (Å²) in [6, 6.07) is 2.98. The topological polar surface area (TPSA) is 77.3 Å². The maximum atomic E-state index is 11.9. The summed E-state index contributed by atoms with van der Waals surface area (Å²) in [6.07, 6.45) is 3.70. The molecule has 1 aliphatic rings. The summed E-state index contributed by atoms with van der Waals surface area (Å²) in [7, 11) is 4.63. The molecule has 134 valence electrons. The zero-order valence-corrected chi connectivity index (χ0v) is 14.7. The van der Waals surface area contributed by atoms with Crippen LogP contribution in [0, 0.1) is 0 Å². The van der Waals surface area contributed by atoms with Crippen molar-refractivity contribution in [1.82, 2.24) is 4.90 Å². The Hall–Kier alpha value is -2.15. The maximum Gasteiger partial charge on any atom is 0.319 e. The lowest BCUT2D eigenvalue weighted by molar-refractivity contribution is 0.229. The Morgan fingerprint density at radius 2 is 1.67 bits per heavy atom. The second-order valence-electron chi connectivity index (χ2n) is 5.78. The lowest BCUT2D eigenvalue weighted by Crippen LogP contribution is -2.43. The number of hydrogen-bond acceptors (Lipinski definition) is 5. The molecule has 0 aromatic heterocycles. The van der Waals surface area contributed by atoms with Gasteiger partial charge in [0.25, 0.3) is 0 Å². The van der Waals surface area contributed by atoms with Crippen LogP contribution >= 0.6 is 0 Å². The number of anilines is 1. The Morgan fingerprint density at radius 1 is 1.08 bits per heavy atom. The first-order valence-corrected chi connectivity index (χ1v) is 8.20. The summed E-state index contributed by atoms with van der Waals surface area (Å²) in [5, 5.41) is 0. The van der Waals surface area contributed by atoms with Crippen LogP contribution in [0.5, 0.6) is 17.2 Å². The average Bonchev–Trinajstić information content (AvgIpc) is 2.61. The fourth-order valence-corrected chi connectivity index (χ4v) is 3.01. The SMILES string of the molecule is COc1cc(N(CCN2CCCCC2)C(N)=O)cc(OC)c1OC. The Kier molecular flexibility index (Phi) is 6.54. The summed E-state index contributed by atoms with van der Waals surface area (Å²) < 4.78 is 16.0.